The average molecular weight is 324 g/mol. The van der Waals surface area contributed by atoms with Crippen LogP contribution in [0.15, 0.2) is 28.7 Å². The topological polar surface area (TPSA) is 12.0 Å². The summed E-state index contributed by atoms with van der Waals surface area (Å²) in [7, 11) is 0. The molecule has 1 aliphatic carbocycles. The predicted octanol–water partition coefficient (Wildman–Crippen LogP) is 4.90. The smallest absolute Gasteiger partial charge is 0.0213 e. The van der Waals surface area contributed by atoms with Crippen LogP contribution in [0, 0.1) is 5.92 Å². The number of halogens is 1. The van der Waals surface area contributed by atoms with Crippen LogP contribution in [0.25, 0.3) is 0 Å². The Kier molecular flexibility index (Phi) is 4.42. The van der Waals surface area contributed by atoms with Crippen molar-refractivity contribution in [1.29, 1.82) is 0 Å². The molecule has 0 bridgehead atoms. The molecule has 2 heteroatoms. The lowest BCUT2D eigenvalue weighted by atomic mass is 9.72. The molecule has 1 aromatic carbocycles. The lowest BCUT2D eigenvalue weighted by Crippen LogP contribution is -2.47. The summed E-state index contributed by atoms with van der Waals surface area (Å²) < 4.78 is 1.26. The summed E-state index contributed by atoms with van der Waals surface area (Å²) in [6.45, 7) is 10.2. The second-order valence-corrected chi connectivity index (χ2v) is 7.89. The fourth-order valence-corrected chi connectivity index (χ4v) is 3.97. The van der Waals surface area contributed by atoms with Gasteiger partial charge in [-0.1, -0.05) is 47.5 Å². The largest absolute Gasteiger partial charge is 0.311 e. The van der Waals surface area contributed by atoms with Gasteiger partial charge in [-0.25, -0.2) is 0 Å². The molecule has 2 rings (SSSR count). The van der Waals surface area contributed by atoms with Gasteiger partial charge in [0.05, 0.1) is 0 Å². The van der Waals surface area contributed by atoms with Crippen LogP contribution in [0.3, 0.4) is 0 Å². The van der Waals surface area contributed by atoms with Crippen LogP contribution in [-0.2, 0) is 5.41 Å². The van der Waals surface area contributed by atoms with Crippen molar-refractivity contribution in [2.45, 2.75) is 57.9 Å². The van der Waals surface area contributed by atoms with Crippen LogP contribution in [0.4, 0.5) is 0 Å². The van der Waals surface area contributed by atoms with Gasteiger partial charge in [-0.15, -0.1) is 0 Å². The normalized spacial score (nSPS) is 27.7. The SMILES string of the molecule is CC1CCCC1(CNC(C)(C)C)c1ccccc1Br. The van der Waals surface area contributed by atoms with Crippen LogP contribution >= 0.6 is 15.9 Å². The zero-order chi connectivity index (χ0) is 14.1. The van der Waals surface area contributed by atoms with Gasteiger partial charge >= 0.3 is 0 Å². The lowest BCUT2D eigenvalue weighted by Gasteiger charge is -2.38. The third-order valence-electron chi connectivity index (χ3n) is 4.55. The summed E-state index contributed by atoms with van der Waals surface area (Å²) in [6.07, 6.45) is 3.97. The summed E-state index contributed by atoms with van der Waals surface area (Å²) in [5.41, 5.74) is 1.95. The molecule has 1 N–H and O–H groups in total. The first-order valence-corrected chi connectivity index (χ1v) is 8.14. The highest BCUT2D eigenvalue weighted by Crippen LogP contribution is 2.47. The highest BCUT2D eigenvalue weighted by atomic mass is 79.9. The van der Waals surface area contributed by atoms with E-state index in [-0.39, 0.29) is 11.0 Å². The Morgan fingerprint density at radius 2 is 2.00 bits per heavy atom. The van der Waals surface area contributed by atoms with Gasteiger partial charge in [0.15, 0.2) is 0 Å². The third kappa shape index (κ3) is 3.22. The number of hydrogen-bond donors (Lipinski definition) is 1. The maximum Gasteiger partial charge on any atom is 0.0213 e. The van der Waals surface area contributed by atoms with Crippen molar-refractivity contribution >= 4 is 15.9 Å². The van der Waals surface area contributed by atoms with E-state index in [1.807, 2.05) is 0 Å². The average Bonchev–Trinajstić information content (AvgIpc) is 2.69. The van der Waals surface area contributed by atoms with E-state index in [0.29, 0.717) is 0 Å². The van der Waals surface area contributed by atoms with Crippen molar-refractivity contribution in [2.75, 3.05) is 6.54 Å². The highest BCUT2D eigenvalue weighted by molar-refractivity contribution is 9.10. The van der Waals surface area contributed by atoms with Gasteiger partial charge in [-0.3, -0.25) is 0 Å². The Morgan fingerprint density at radius 1 is 1.32 bits per heavy atom. The fraction of sp³-hybridized carbons (Fsp3) is 0.647. The Hall–Kier alpha value is -0.340. The van der Waals surface area contributed by atoms with Crippen molar-refractivity contribution in [3.63, 3.8) is 0 Å². The quantitative estimate of drug-likeness (QED) is 0.834. The van der Waals surface area contributed by atoms with Crippen LogP contribution in [0.1, 0.15) is 52.5 Å². The first kappa shape index (κ1) is 15.1. The van der Waals surface area contributed by atoms with Crippen LogP contribution in [-0.4, -0.2) is 12.1 Å². The molecule has 0 spiro atoms. The molecule has 1 saturated carbocycles. The van der Waals surface area contributed by atoms with Gasteiger partial charge in [-0.05, 0) is 51.2 Å². The second kappa shape index (κ2) is 5.57. The standard InChI is InChI=1S/C17H26BrN/c1-13-8-7-11-17(13,12-19-16(2,3)4)14-9-5-6-10-15(14)18/h5-6,9-10,13,19H,7-8,11-12H2,1-4H3. The maximum absolute atomic E-state index is 3.76. The molecule has 2 unspecified atom stereocenters. The molecule has 0 aromatic heterocycles. The minimum Gasteiger partial charge on any atom is -0.311 e. The van der Waals surface area contributed by atoms with E-state index in [1.165, 1.54) is 29.3 Å². The molecule has 0 aliphatic heterocycles. The Bertz CT molecular complexity index is 435. The Labute approximate surface area is 126 Å². The summed E-state index contributed by atoms with van der Waals surface area (Å²) in [4.78, 5) is 0. The van der Waals surface area contributed by atoms with Gasteiger partial charge in [-0.2, -0.15) is 0 Å². The lowest BCUT2D eigenvalue weighted by molar-refractivity contribution is 0.278. The molecule has 106 valence electrons. The third-order valence-corrected chi connectivity index (χ3v) is 5.24. The summed E-state index contributed by atoms with van der Waals surface area (Å²) in [5, 5.41) is 3.74. The molecule has 19 heavy (non-hydrogen) atoms. The molecular formula is C17H26BrN. The van der Waals surface area contributed by atoms with Crippen molar-refractivity contribution in [2.24, 2.45) is 5.92 Å². The van der Waals surface area contributed by atoms with E-state index in [9.17, 15) is 0 Å². The maximum atomic E-state index is 3.76. The summed E-state index contributed by atoms with van der Waals surface area (Å²) >= 11 is 3.76. The second-order valence-electron chi connectivity index (χ2n) is 7.03. The van der Waals surface area contributed by atoms with Gasteiger partial charge < -0.3 is 5.32 Å². The van der Waals surface area contributed by atoms with Gasteiger partial charge in [0, 0.05) is 22.0 Å². The molecule has 0 saturated heterocycles. The van der Waals surface area contributed by atoms with E-state index in [2.05, 4.69) is 73.2 Å². The van der Waals surface area contributed by atoms with E-state index in [1.54, 1.807) is 0 Å². The molecule has 0 amide bonds. The molecule has 1 fully saturated rings. The molecule has 0 radical (unpaired) electrons. The fourth-order valence-electron chi connectivity index (χ4n) is 3.29. The number of benzene rings is 1. The molecule has 0 heterocycles. The summed E-state index contributed by atoms with van der Waals surface area (Å²) in [6, 6.07) is 8.76. The summed E-state index contributed by atoms with van der Waals surface area (Å²) in [5.74, 6) is 0.737. The molecular weight excluding hydrogens is 298 g/mol. The predicted molar refractivity (Wildman–Crippen MR) is 86.6 cm³/mol. The first-order valence-electron chi connectivity index (χ1n) is 7.35. The number of nitrogens with one attached hydrogen (secondary N) is 1. The number of rotatable bonds is 3. The zero-order valence-electron chi connectivity index (χ0n) is 12.6. The van der Waals surface area contributed by atoms with Crippen molar-refractivity contribution in [1.82, 2.24) is 5.32 Å². The number of hydrogen-bond acceptors (Lipinski definition) is 1. The van der Waals surface area contributed by atoms with Crippen LogP contribution < -0.4 is 5.32 Å². The van der Waals surface area contributed by atoms with E-state index in [4.69, 9.17) is 0 Å². The van der Waals surface area contributed by atoms with Gasteiger partial charge in [0.1, 0.15) is 0 Å². The minimum absolute atomic E-state index is 0.177. The molecule has 1 aromatic rings. The highest BCUT2D eigenvalue weighted by Gasteiger charge is 2.42. The first-order chi connectivity index (χ1) is 8.85. The minimum atomic E-state index is 0.177. The van der Waals surface area contributed by atoms with Crippen LogP contribution in [0.2, 0.25) is 0 Å². The molecule has 1 nitrogen and oxygen atoms in total. The zero-order valence-corrected chi connectivity index (χ0v) is 14.2. The molecule has 2 atom stereocenters. The van der Waals surface area contributed by atoms with Crippen LogP contribution in [0.5, 0.6) is 0 Å². The van der Waals surface area contributed by atoms with E-state index in [0.717, 1.165) is 12.5 Å². The van der Waals surface area contributed by atoms with E-state index >= 15 is 0 Å². The van der Waals surface area contributed by atoms with E-state index < -0.39 is 0 Å². The monoisotopic (exact) mass is 323 g/mol. The van der Waals surface area contributed by atoms with Gasteiger partial charge in [0.25, 0.3) is 0 Å². The molecule has 1 aliphatic rings. The van der Waals surface area contributed by atoms with Crippen molar-refractivity contribution < 1.29 is 0 Å². The van der Waals surface area contributed by atoms with Crippen molar-refractivity contribution in [3.05, 3.63) is 34.3 Å². The van der Waals surface area contributed by atoms with Gasteiger partial charge in [0.2, 0.25) is 0 Å². The Morgan fingerprint density at radius 3 is 2.53 bits per heavy atom. The Balaban J connectivity index is 2.33. The van der Waals surface area contributed by atoms with Crippen molar-refractivity contribution in [3.8, 4) is 0 Å².